The first kappa shape index (κ1) is 11.9. The van der Waals surface area contributed by atoms with Gasteiger partial charge in [0, 0.05) is 28.7 Å². The molecule has 1 N–H and O–H groups in total. The molecule has 1 aliphatic heterocycles. The normalized spacial score (nSPS) is 19.6. The van der Waals surface area contributed by atoms with E-state index >= 15 is 0 Å². The summed E-state index contributed by atoms with van der Waals surface area (Å²) in [5.41, 5.74) is 1.07. The van der Waals surface area contributed by atoms with Crippen LogP contribution in [0.5, 0.6) is 0 Å². The lowest BCUT2D eigenvalue weighted by Gasteiger charge is -2.26. The Balaban J connectivity index is 2.33. The maximum absolute atomic E-state index is 13.7. The van der Waals surface area contributed by atoms with Gasteiger partial charge in [-0.25, -0.2) is 8.78 Å². The smallest absolute Gasteiger partial charge is 0.128 e. The Hall–Kier alpha value is -0.610. The van der Waals surface area contributed by atoms with E-state index in [9.17, 15) is 8.78 Å². The first-order valence-electron chi connectivity index (χ1n) is 5.52. The van der Waals surface area contributed by atoms with Crippen LogP contribution in [0.1, 0.15) is 30.5 Å². The molecule has 0 spiro atoms. The Morgan fingerprint density at radius 2 is 2.12 bits per heavy atom. The van der Waals surface area contributed by atoms with E-state index in [2.05, 4.69) is 12.2 Å². The van der Waals surface area contributed by atoms with Crippen molar-refractivity contribution in [2.24, 2.45) is 0 Å². The van der Waals surface area contributed by atoms with Crippen LogP contribution in [0, 0.1) is 11.6 Å². The topological polar surface area (TPSA) is 12.0 Å². The van der Waals surface area contributed by atoms with Crippen molar-refractivity contribution >= 4 is 11.8 Å². The average Bonchev–Trinajstić information content (AvgIpc) is 2.31. The molecule has 0 bridgehead atoms. The molecule has 2 rings (SSSR count). The van der Waals surface area contributed by atoms with E-state index in [4.69, 9.17) is 0 Å². The van der Waals surface area contributed by atoms with Gasteiger partial charge in [0.1, 0.15) is 11.6 Å². The third-order valence-electron chi connectivity index (χ3n) is 2.77. The summed E-state index contributed by atoms with van der Waals surface area (Å²) < 4.78 is 27.3. The minimum absolute atomic E-state index is 0.0515. The number of thioether (sulfide) groups is 1. The number of fused-ring (bicyclic) bond motifs is 1. The van der Waals surface area contributed by atoms with Gasteiger partial charge in [-0.15, -0.1) is 0 Å². The van der Waals surface area contributed by atoms with Crippen LogP contribution in [-0.2, 0) is 5.75 Å². The molecule has 0 saturated carbocycles. The molecule has 1 aromatic rings. The van der Waals surface area contributed by atoms with Gasteiger partial charge in [-0.3, -0.25) is 0 Å². The Labute approximate surface area is 98.6 Å². The predicted molar refractivity (Wildman–Crippen MR) is 63.6 cm³/mol. The first-order valence-corrected chi connectivity index (χ1v) is 6.67. The highest BCUT2D eigenvalue weighted by Gasteiger charge is 2.25. The fourth-order valence-electron chi connectivity index (χ4n) is 1.97. The maximum Gasteiger partial charge on any atom is 0.128 e. The van der Waals surface area contributed by atoms with E-state index in [0.717, 1.165) is 18.7 Å². The Morgan fingerprint density at radius 1 is 1.38 bits per heavy atom. The molecular weight excluding hydrogens is 228 g/mol. The summed E-state index contributed by atoms with van der Waals surface area (Å²) in [6.45, 7) is 2.90. The van der Waals surface area contributed by atoms with Gasteiger partial charge in [0.05, 0.1) is 0 Å². The highest BCUT2D eigenvalue weighted by molar-refractivity contribution is 7.98. The first-order chi connectivity index (χ1) is 7.74. The molecule has 1 nitrogen and oxygen atoms in total. The number of nitrogens with one attached hydrogen (secondary N) is 1. The number of benzene rings is 1. The molecule has 0 aliphatic carbocycles. The van der Waals surface area contributed by atoms with Crippen LogP contribution < -0.4 is 5.32 Å². The third kappa shape index (κ3) is 2.23. The van der Waals surface area contributed by atoms with Crippen molar-refractivity contribution < 1.29 is 8.78 Å². The molecule has 1 atom stereocenters. The van der Waals surface area contributed by atoms with Gasteiger partial charge in [-0.1, -0.05) is 6.92 Å². The summed E-state index contributed by atoms with van der Waals surface area (Å²) in [5.74, 6) is 0.813. The fourth-order valence-corrected chi connectivity index (χ4v) is 3.11. The molecule has 0 radical (unpaired) electrons. The molecule has 1 aromatic carbocycles. The lowest BCUT2D eigenvalue weighted by atomic mass is 10.0. The van der Waals surface area contributed by atoms with Crippen LogP contribution in [0.3, 0.4) is 0 Å². The van der Waals surface area contributed by atoms with Gasteiger partial charge in [0.2, 0.25) is 0 Å². The zero-order chi connectivity index (χ0) is 11.5. The highest BCUT2D eigenvalue weighted by Crippen LogP contribution is 2.34. The highest BCUT2D eigenvalue weighted by atomic mass is 32.2. The lowest BCUT2D eigenvalue weighted by Crippen LogP contribution is -2.28. The van der Waals surface area contributed by atoms with E-state index in [0.29, 0.717) is 16.9 Å². The molecular formula is C12H15F2NS. The number of hydrogen-bond donors (Lipinski definition) is 1. The second-order valence-electron chi connectivity index (χ2n) is 3.94. The quantitative estimate of drug-likeness (QED) is 0.874. The molecule has 1 unspecified atom stereocenters. The van der Waals surface area contributed by atoms with Crippen molar-refractivity contribution in [3.63, 3.8) is 0 Å². The minimum atomic E-state index is -0.287. The molecule has 1 aliphatic rings. The number of rotatable bonds is 3. The summed E-state index contributed by atoms with van der Waals surface area (Å²) in [6.07, 6.45) is 0.993. The van der Waals surface area contributed by atoms with Crippen LogP contribution in [0.2, 0.25) is 0 Å². The van der Waals surface area contributed by atoms with Crippen LogP contribution in [0.4, 0.5) is 8.78 Å². The lowest BCUT2D eigenvalue weighted by molar-refractivity contribution is 0.512. The van der Waals surface area contributed by atoms with E-state index in [1.54, 1.807) is 11.8 Å². The van der Waals surface area contributed by atoms with Gasteiger partial charge in [-0.05, 0) is 25.1 Å². The van der Waals surface area contributed by atoms with Gasteiger partial charge >= 0.3 is 0 Å². The standard InChI is InChI=1S/C12H15F2NS/c1-2-5-15-11-7-16-6-8-9(13)3-4-10(14)12(8)11/h3-4,11,15H,2,5-7H2,1H3. The van der Waals surface area contributed by atoms with Gasteiger partial charge < -0.3 is 5.32 Å². The Morgan fingerprint density at radius 3 is 2.88 bits per heavy atom. The monoisotopic (exact) mass is 243 g/mol. The SMILES string of the molecule is CCCNC1CSCc2c(F)ccc(F)c21. The predicted octanol–water partition coefficient (Wildman–Crippen LogP) is 3.25. The molecule has 0 fully saturated rings. The minimum Gasteiger partial charge on any atom is -0.309 e. The second kappa shape index (κ2) is 5.15. The summed E-state index contributed by atoms with van der Waals surface area (Å²) in [6, 6.07) is 2.39. The summed E-state index contributed by atoms with van der Waals surface area (Å²) in [5, 5.41) is 3.27. The van der Waals surface area contributed by atoms with Gasteiger partial charge in [0.15, 0.2) is 0 Å². The zero-order valence-electron chi connectivity index (χ0n) is 9.22. The molecule has 1 heterocycles. The van der Waals surface area contributed by atoms with E-state index in [1.807, 2.05) is 0 Å². The summed E-state index contributed by atoms with van der Waals surface area (Å²) >= 11 is 1.65. The second-order valence-corrected chi connectivity index (χ2v) is 4.97. The molecule has 0 aromatic heterocycles. The average molecular weight is 243 g/mol. The van der Waals surface area contributed by atoms with Crippen molar-refractivity contribution in [1.29, 1.82) is 0 Å². The summed E-state index contributed by atoms with van der Waals surface area (Å²) in [4.78, 5) is 0. The van der Waals surface area contributed by atoms with Crippen molar-refractivity contribution in [2.45, 2.75) is 25.1 Å². The molecule has 88 valence electrons. The van der Waals surface area contributed by atoms with Crippen molar-refractivity contribution in [3.8, 4) is 0 Å². The molecule has 4 heteroatoms. The van der Waals surface area contributed by atoms with Crippen LogP contribution in [0.25, 0.3) is 0 Å². The number of halogens is 2. The third-order valence-corrected chi connectivity index (χ3v) is 3.83. The number of hydrogen-bond acceptors (Lipinski definition) is 2. The molecule has 0 amide bonds. The maximum atomic E-state index is 13.7. The van der Waals surface area contributed by atoms with E-state index < -0.39 is 0 Å². The van der Waals surface area contributed by atoms with Crippen molar-refractivity contribution in [1.82, 2.24) is 5.32 Å². The fraction of sp³-hybridized carbons (Fsp3) is 0.500. The van der Waals surface area contributed by atoms with Gasteiger partial charge in [0.25, 0.3) is 0 Å². The van der Waals surface area contributed by atoms with Crippen molar-refractivity contribution in [3.05, 3.63) is 34.9 Å². The Kier molecular flexibility index (Phi) is 3.82. The molecule has 16 heavy (non-hydrogen) atoms. The van der Waals surface area contributed by atoms with E-state index in [-0.39, 0.29) is 17.7 Å². The van der Waals surface area contributed by atoms with Crippen LogP contribution in [-0.4, -0.2) is 12.3 Å². The van der Waals surface area contributed by atoms with E-state index in [1.165, 1.54) is 12.1 Å². The molecule has 0 saturated heterocycles. The van der Waals surface area contributed by atoms with Crippen molar-refractivity contribution in [2.75, 3.05) is 12.3 Å². The largest absolute Gasteiger partial charge is 0.309 e. The van der Waals surface area contributed by atoms with Crippen LogP contribution >= 0.6 is 11.8 Å². The summed E-state index contributed by atoms with van der Waals surface area (Å²) in [7, 11) is 0. The zero-order valence-corrected chi connectivity index (χ0v) is 10.0. The van der Waals surface area contributed by atoms with Crippen LogP contribution in [0.15, 0.2) is 12.1 Å². The van der Waals surface area contributed by atoms with Gasteiger partial charge in [-0.2, -0.15) is 11.8 Å². The Bertz CT molecular complexity index is 382.